The molecule has 4 aromatic carbocycles. The van der Waals surface area contributed by atoms with Crippen LogP contribution in [0.2, 0.25) is 0 Å². The first kappa shape index (κ1) is 21.5. The van der Waals surface area contributed by atoms with Gasteiger partial charge in [-0.1, -0.05) is 97.1 Å². The van der Waals surface area contributed by atoms with Gasteiger partial charge in [0.15, 0.2) is 0 Å². The number of fused-ring (bicyclic) bond motifs is 2. The smallest absolute Gasteiger partial charge is 0.0705 e. The van der Waals surface area contributed by atoms with Gasteiger partial charge in [0.1, 0.15) is 0 Å². The molecule has 0 unspecified atom stereocenters. The highest BCUT2D eigenvalue weighted by Crippen LogP contribution is 2.21. The predicted octanol–water partition coefficient (Wildman–Crippen LogP) is 7.57. The highest BCUT2D eigenvalue weighted by Gasteiger charge is 2.03. The van der Waals surface area contributed by atoms with Crippen molar-refractivity contribution >= 4 is 33.3 Å². The van der Waals surface area contributed by atoms with Crippen LogP contribution >= 0.6 is 11.6 Å². The Hall–Kier alpha value is -3.20. The van der Waals surface area contributed by atoms with Crippen LogP contribution in [0.5, 0.6) is 0 Å². The van der Waals surface area contributed by atoms with Gasteiger partial charge in [0.05, 0.1) is 5.52 Å². The Kier molecular flexibility index (Phi) is 7.56. The lowest BCUT2D eigenvalue weighted by Crippen LogP contribution is -1.93. The van der Waals surface area contributed by atoms with Gasteiger partial charge in [0.2, 0.25) is 0 Å². The topological polar surface area (TPSA) is 47.9 Å². The monoisotopic (exact) mass is 412 g/mol. The first-order valence-corrected chi connectivity index (χ1v) is 10.3. The number of hydrogen-bond donors (Lipinski definition) is 1. The van der Waals surface area contributed by atoms with E-state index in [-0.39, 0.29) is 6.15 Å². The second kappa shape index (κ2) is 10.5. The molecule has 0 radical (unpaired) electrons. The molecule has 0 aliphatic heterocycles. The van der Waals surface area contributed by atoms with Gasteiger partial charge >= 0.3 is 0 Å². The summed E-state index contributed by atoms with van der Waals surface area (Å²) in [5, 5.41) is 3.80. The minimum atomic E-state index is 0. The molecule has 1 aromatic heterocycles. The highest BCUT2D eigenvalue weighted by molar-refractivity contribution is 6.17. The number of aromatic nitrogens is 1. The van der Waals surface area contributed by atoms with Crippen LogP contribution in [0.25, 0.3) is 21.7 Å². The summed E-state index contributed by atoms with van der Waals surface area (Å²) < 4.78 is 0. The van der Waals surface area contributed by atoms with Crippen molar-refractivity contribution < 1.29 is 0 Å². The van der Waals surface area contributed by atoms with Crippen molar-refractivity contribution in [1.29, 1.82) is 0 Å². The maximum absolute atomic E-state index is 5.53. The molecular formula is C27H25ClN2. The van der Waals surface area contributed by atoms with Crippen LogP contribution in [-0.2, 0) is 12.3 Å². The van der Waals surface area contributed by atoms with Crippen LogP contribution in [0.15, 0.2) is 109 Å². The van der Waals surface area contributed by atoms with Crippen molar-refractivity contribution in [3.05, 3.63) is 126 Å². The van der Waals surface area contributed by atoms with Crippen LogP contribution in [0.3, 0.4) is 0 Å². The molecule has 3 heteroatoms. The summed E-state index contributed by atoms with van der Waals surface area (Å²) in [5.74, 6) is 0.612. The fourth-order valence-corrected chi connectivity index (χ4v) is 3.59. The summed E-state index contributed by atoms with van der Waals surface area (Å²) in [7, 11) is 0. The van der Waals surface area contributed by atoms with Crippen LogP contribution in [0.4, 0.5) is 0 Å². The number of benzene rings is 4. The zero-order chi connectivity index (χ0) is 19.9. The molecule has 0 aliphatic carbocycles. The van der Waals surface area contributed by atoms with Gasteiger partial charge in [-0.05, 0) is 34.0 Å². The fraction of sp³-hybridized carbons (Fsp3) is 0.0741. The van der Waals surface area contributed by atoms with Gasteiger partial charge in [-0.3, -0.25) is 4.98 Å². The molecule has 2 nitrogen and oxygen atoms in total. The molecular weight excluding hydrogens is 388 g/mol. The van der Waals surface area contributed by atoms with E-state index in [0.29, 0.717) is 5.88 Å². The summed E-state index contributed by atoms with van der Waals surface area (Å²) in [6.07, 6.45) is 0.867. The zero-order valence-electron chi connectivity index (χ0n) is 16.8. The Morgan fingerprint density at radius 2 is 1.27 bits per heavy atom. The average molecular weight is 413 g/mol. The van der Waals surface area contributed by atoms with E-state index in [1.54, 1.807) is 0 Å². The Balaban J connectivity index is 0.000000242. The van der Waals surface area contributed by atoms with E-state index in [0.717, 1.165) is 17.6 Å². The predicted molar refractivity (Wildman–Crippen MR) is 130 cm³/mol. The molecule has 1 heterocycles. The van der Waals surface area contributed by atoms with E-state index < -0.39 is 0 Å². The second-order valence-electron chi connectivity index (χ2n) is 6.93. The minimum Gasteiger partial charge on any atom is -0.344 e. The van der Waals surface area contributed by atoms with E-state index in [4.69, 9.17) is 16.6 Å². The lowest BCUT2D eigenvalue weighted by atomic mass is 10.0. The molecule has 0 saturated heterocycles. The van der Waals surface area contributed by atoms with Gasteiger partial charge in [-0.2, -0.15) is 0 Å². The molecule has 5 rings (SSSR count). The normalized spacial score (nSPS) is 10.2. The Morgan fingerprint density at radius 1 is 0.600 bits per heavy atom. The van der Waals surface area contributed by atoms with Crippen LogP contribution in [-0.4, -0.2) is 4.98 Å². The quantitative estimate of drug-likeness (QED) is 0.310. The molecule has 0 amide bonds. The molecule has 150 valence electrons. The van der Waals surface area contributed by atoms with E-state index in [1.165, 1.54) is 27.3 Å². The Morgan fingerprint density at radius 3 is 2.03 bits per heavy atom. The standard InChI is InChI=1S/C20H15N.C7H7Cl.H3N/c1-3-10-19-15(6-1)8-5-9-17(19)14-18-13-12-16-7-2-4-11-20(16)21-18;8-6-7-4-2-1-3-5-7;/h1-13H,14H2;1-5H,6H2;1H3. The van der Waals surface area contributed by atoms with Gasteiger partial charge in [0.25, 0.3) is 0 Å². The van der Waals surface area contributed by atoms with Crippen molar-refractivity contribution in [2.75, 3.05) is 0 Å². The molecule has 0 bridgehead atoms. The van der Waals surface area contributed by atoms with Crippen molar-refractivity contribution in [3.8, 4) is 0 Å². The Bertz CT molecular complexity index is 1210. The third-order valence-corrected chi connectivity index (χ3v) is 5.21. The van der Waals surface area contributed by atoms with Crippen molar-refractivity contribution in [1.82, 2.24) is 11.1 Å². The third kappa shape index (κ3) is 5.24. The van der Waals surface area contributed by atoms with Crippen LogP contribution in [0.1, 0.15) is 16.8 Å². The van der Waals surface area contributed by atoms with Crippen molar-refractivity contribution in [2.45, 2.75) is 12.3 Å². The number of hydrogen-bond acceptors (Lipinski definition) is 2. The molecule has 0 spiro atoms. The summed E-state index contributed by atoms with van der Waals surface area (Å²) in [6.45, 7) is 0. The summed E-state index contributed by atoms with van der Waals surface area (Å²) in [5.41, 5.74) is 4.69. The molecule has 3 N–H and O–H groups in total. The maximum Gasteiger partial charge on any atom is 0.0705 e. The lowest BCUT2D eigenvalue weighted by Gasteiger charge is -2.07. The number of alkyl halides is 1. The second-order valence-corrected chi connectivity index (χ2v) is 7.20. The molecule has 5 aromatic rings. The largest absolute Gasteiger partial charge is 0.344 e. The summed E-state index contributed by atoms with van der Waals surface area (Å²) in [6, 6.07) is 37.5. The SMILES string of the molecule is ClCc1ccccc1.N.c1ccc2nc(Cc3cccc4ccccc34)ccc2c1. The van der Waals surface area contributed by atoms with Crippen LogP contribution < -0.4 is 6.15 Å². The van der Waals surface area contributed by atoms with Gasteiger partial charge in [0, 0.05) is 23.4 Å². The van der Waals surface area contributed by atoms with E-state index in [1.807, 2.05) is 42.5 Å². The summed E-state index contributed by atoms with van der Waals surface area (Å²) in [4.78, 5) is 4.78. The fourth-order valence-electron chi connectivity index (χ4n) is 3.42. The molecule has 0 atom stereocenters. The van der Waals surface area contributed by atoms with E-state index in [9.17, 15) is 0 Å². The zero-order valence-corrected chi connectivity index (χ0v) is 17.6. The lowest BCUT2D eigenvalue weighted by molar-refractivity contribution is 1.11. The first-order chi connectivity index (χ1) is 14.3. The number of pyridine rings is 1. The first-order valence-electron chi connectivity index (χ1n) is 9.75. The number of nitrogens with zero attached hydrogens (tertiary/aromatic N) is 1. The van der Waals surface area contributed by atoms with Crippen molar-refractivity contribution in [3.63, 3.8) is 0 Å². The van der Waals surface area contributed by atoms with Gasteiger partial charge < -0.3 is 6.15 Å². The maximum atomic E-state index is 5.53. The van der Waals surface area contributed by atoms with Crippen LogP contribution in [0, 0.1) is 0 Å². The molecule has 0 fully saturated rings. The summed E-state index contributed by atoms with van der Waals surface area (Å²) >= 11 is 5.53. The van der Waals surface area contributed by atoms with Gasteiger partial charge in [-0.15, -0.1) is 11.6 Å². The van der Waals surface area contributed by atoms with E-state index >= 15 is 0 Å². The Labute approximate surface area is 182 Å². The third-order valence-electron chi connectivity index (χ3n) is 4.90. The highest BCUT2D eigenvalue weighted by atomic mass is 35.5. The average Bonchev–Trinajstić information content (AvgIpc) is 2.80. The van der Waals surface area contributed by atoms with Gasteiger partial charge in [-0.25, -0.2) is 0 Å². The number of halogens is 1. The van der Waals surface area contributed by atoms with Crippen molar-refractivity contribution in [2.24, 2.45) is 0 Å². The molecule has 30 heavy (non-hydrogen) atoms. The molecule has 0 aliphatic rings. The minimum absolute atomic E-state index is 0. The molecule has 0 saturated carbocycles. The van der Waals surface area contributed by atoms with E-state index in [2.05, 4.69) is 66.7 Å². The number of para-hydroxylation sites is 1. The number of rotatable bonds is 3.